The number of thioether (sulfide) groups is 1. The number of pyridine rings is 1. The van der Waals surface area contributed by atoms with Crippen LogP contribution in [0, 0.1) is 0 Å². The SMILES string of the molecule is O=COCCc1cc2cnc(SCc3ccccc3)cc2o1. The summed E-state index contributed by atoms with van der Waals surface area (Å²) in [6.45, 7) is 0.773. The van der Waals surface area contributed by atoms with Crippen LogP contribution in [0.25, 0.3) is 11.0 Å². The Morgan fingerprint density at radius 1 is 1.23 bits per heavy atom. The third-order valence-corrected chi connectivity index (χ3v) is 4.19. The van der Waals surface area contributed by atoms with E-state index in [0.717, 1.165) is 27.5 Å². The lowest BCUT2D eigenvalue weighted by molar-refractivity contribution is -0.128. The highest BCUT2D eigenvalue weighted by atomic mass is 32.2. The van der Waals surface area contributed by atoms with Crippen LogP contribution in [0.5, 0.6) is 0 Å². The van der Waals surface area contributed by atoms with Crippen LogP contribution in [0.1, 0.15) is 11.3 Å². The maximum atomic E-state index is 10.1. The van der Waals surface area contributed by atoms with E-state index in [0.29, 0.717) is 19.5 Å². The van der Waals surface area contributed by atoms with Gasteiger partial charge in [-0.2, -0.15) is 0 Å². The normalized spacial score (nSPS) is 10.7. The van der Waals surface area contributed by atoms with Gasteiger partial charge in [0.05, 0.1) is 6.61 Å². The molecule has 0 spiro atoms. The molecule has 0 N–H and O–H groups in total. The van der Waals surface area contributed by atoms with Crippen LogP contribution in [-0.4, -0.2) is 18.1 Å². The summed E-state index contributed by atoms with van der Waals surface area (Å²) in [5.74, 6) is 1.67. The zero-order valence-electron chi connectivity index (χ0n) is 11.9. The molecule has 0 aliphatic carbocycles. The third-order valence-electron chi connectivity index (χ3n) is 3.19. The van der Waals surface area contributed by atoms with Crippen molar-refractivity contribution in [3.63, 3.8) is 0 Å². The number of furan rings is 1. The highest BCUT2D eigenvalue weighted by Gasteiger charge is 2.06. The van der Waals surface area contributed by atoms with Crippen molar-refractivity contribution in [1.29, 1.82) is 0 Å². The Morgan fingerprint density at radius 2 is 2.09 bits per heavy atom. The fraction of sp³-hybridized carbons (Fsp3) is 0.176. The number of carbonyl (C=O) groups excluding carboxylic acids is 1. The van der Waals surface area contributed by atoms with Crippen LogP contribution in [0.2, 0.25) is 0 Å². The van der Waals surface area contributed by atoms with Crippen molar-refractivity contribution >= 4 is 29.2 Å². The molecule has 5 heteroatoms. The molecular weight excluding hydrogens is 298 g/mol. The number of benzene rings is 1. The molecule has 0 unspecified atom stereocenters. The largest absolute Gasteiger partial charge is 0.467 e. The van der Waals surface area contributed by atoms with Gasteiger partial charge in [0.25, 0.3) is 6.47 Å². The summed E-state index contributed by atoms with van der Waals surface area (Å²) in [6, 6.07) is 14.2. The lowest BCUT2D eigenvalue weighted by Gasteiger charge is -2.00. The first-order chi connectivity index (χ1) is 10.8. The zero-order chi connectivity index (χ0) is 15.2. The molecule has 2 heterocycles. The molecule has 0 amide bonds. The first-order valence-electron chi connectivity index (χ1n) is 6.95. The van der Waals surface area contributed by atoms with Gasteiger partial charge in [-0.3, -0.25) is 4.79 Å². The van der Waals surface area contributed by atoms with Gasteiger partial charge in [0.15, 0.2) is 0 Å². The molecule has 0 saturated heterocycles. The minimum Gasteiger partial charge on any atom is -0.467 e. The molecule has 0 aliphatic rings. The van der Waals surface area contributed by atoms with E-state index >= 15 is 0 Å². The van der Waals surface area contributed by atoms with Crippen LogP contribution in [0.3, 0.4) is 0 Å². The van der Waals surface area contributed by atoms with Crippen LogP contribution in [-0.2, 0) is 21.7 Å². The molecule has 0 radical (unpaired) electrons. The number of aromatic nitrogens is 1. The van der Waals surface area contributed by atoms with E-state index < -0.39 is 0 Å². The molecule has 0 aliphatic heterocycles. The zero-order valence-corrected chi connectivity index (χ0v) is 12.7. The number of hydrogen-bond acceptors (Lipinski definition) is 5. The van der Waals surface area contributed by atoms with Gasteiger partial charge < -0.3 is 9.15 Å². The first kappa shape index (κ1) is 14.7. The second-order valence-electron chi connectivity index (χ2n) is 4.76. The minimum atomic E-state index is 0.326. The number of rotatable bonds is 7. The van der Waals surface area contributed by atoms with Gasteiger partial charge in [-0.1, -0.05) is 30.3 Å². The Balaban J connectivity index is 1.68. The molecule has 3 rings (SSSR count). The van der Waals surface area contributed by atoms with Crippen molar-refractivity contribution in [3.8, 4) is 0 Å². The van der Waals surface area contributed by atoms with Crippen LogP contribution < -0.4 is 0 Å². The van der Waals surface area contributed by atoms with Gasteiger partial charge in [-0.25, -0.2) is 4.98 Å². The van der Waals surface area contributed by atoms with Crippen LogP contribution in [0.15, 0.2) is 58.1 Å². The monoisotopic (exact) mass is 313 g/mol. The van der Waals surface area contributed by atoms with Crippen molar-refractivity contribution in [2.75, 3.05) is 6.61 Å². The predicted molar refractivity (Wildman–Crippen MR) is 85.7 cm³/mol. The summed E-state index contributed by atoms with van der Waals surface area (Å²) < 4.78 is 10.4. The number of fused-ring (bicyclic) bond motifs is 1. The summed E-state index contributed by atoms with van der Waals surface area (Å²) in [4.78, 5) is 14.6. The lowest BCUT2D eigenvalue weighted by Crippen LogP contribution is -1.94. The van der Waals surface area contributed by atoms with Gasteiger partial charge in [-0.15, -0.1) is 11.8 Å². The highest BCUT2D eigenvalue weighted by Crippen LogP contribution is 2.26. The fourth-order valence-corrected chi connectivity index (χ4v) is 2.94. The Hall–Kier alpha value is -2.27. The van der Waals surface area contributed by atoms with E-state index in [-0.39, 0.29) is 0 Å². The molecular formula is C17H15NO3S. The molecule has 22 heavy (non-hydrogen) atoms. The summed E-state index contributed by atoms with van der Waals surface area (Å²) in [7, 11) is 0. The Bertz CT molecular complexity index is 755. The summed E-state index contributed by atoms with van der Waals surface area (Å²) in [5, 5.41) is 1.89. The average Bonchev–Trinajstić information content (AvgIpc) is 2.96. The summed E-state index contributed by atoms with van der Waals surface area (Å²) >= 11 is 1.68. The van der Waals surface area contributed by atoms with Gasteiger partial charge in [0.1, 0.15) is 16.4 Å². The minimum absolute atomic E-state index is 0.326. The summed E-state index contributed by atoms with van der Waals surface area (Å²) in [6.07, 6.45) is 2.39. The van der Waals surface area contributed by atoms with E-state index in [9.17, 15) is 4.79 Å². The Morgan fingerprint density at radius 3 is 2.91 bits per heavy atom. The van der Waals surface area contributed by atoms with Crippen molar-refractivity contribution in [1.82, 2.24) is 4.98 Å². The fourth-order valence-electron chi connectivity index (χ4n) is 2.11. The number of hydrogen-bond donors (Lipinski definition) is 0. The standard InChI is InChI=1S/C17H15NO3S/c19-12-20-7-6-15-8-14-10-18-17(9-16(14)21-15)22-11-13-4-2-1-3-5-13/h1-5,8-10,12H,6-7,11H2. The second kappa shape index (κ2) is 7.13. The number of carbonyl (C=O) groups is 1. The number of ether oxygens (including phenoxy) is 1. The van der Waals surface area contributed by atoms with E-state index in [1.54, 1.807) is 11.8 Å². The molecule has 0 atom stereocenters. The van der Waals surface area contributed by atoms with Gasteiger partial charge in [0, 0.05) is 29.8 Å². The molecule has 4 nitrogen and oxygen atoms in total. The van der Waals surface area contributed by atoms with Crippen molar-refractivity contribution in [2.45, 2.75) is 17.2 Å². The number of nitrogens with zero attached hydrogens (tertiary/aromatic N) is 1. The summed E-state index contributed by atoms with van der Waals surface area (Å²) in [5.41, 5.74) is 2.08. The molecule has 0 bridgehead atoms. The van der Waals surface area contributed by atoms with Gasteiger partial charge in [0.2, 0.25) is 0 Å². The van der Waals surface area contributed by atoms with E-state index in [1.807, 2.05) is 36.5 Å². The second-order valence-corrected chi connectivity index (χ2v) is 5.76. The maximum Gasteiger partial charge on any atom is 0.293 e. The van der Waals surface area contributed by atoms with E-state index in [1.165, 1.54) is 5.56 Å². The topological polar surface area (TPSA) is 52.3 Å². The first-order valence-corrected chi connectivity index (χ1v) is 7.94. The molecule has 0 saturated carbocycles. The average molecular weight is 313 g/mol. The highest BCUT2D eigenvalue weighted by molar-refractivity contribution is 7.98. The van der Waals surface area contributed by atoms with Crippen molar-refractivity contribution in [3.05, 3.63) is 60.0 Å². The van der Waals surface area contributed by atoms with Gasteiger partial charge in [-0.05, 0) is 11.6 Å². The third kappa shape index (κ3) is 3.68. The maximum absolute atomic E-state index is 10.1. The molecule has 1 aromatic carbocycles. The predicted octanol–water partition coefficient (Wildman–Crippen LogP) is 3.84. The molecule has 0 fully saturated rings. The molecule has 112 valence electrons. The van der Waals surface area contributed by atoms with Crippen LogP contribution >= 0.6 is 11.8 Å². The smallest absolute Gasteiger partial charge is 0.293 e. The lowest BCUT2D eigenvalue weighted by atomic mass is 10.2. The quantitative estimate of drug-likeness (QED) is 0.377. The van der Waals surface area contributed by atoms with E-state index in [4.69, 9.17) is 4.42 Å². The van der Waals surface area contributed by atoms with Gasteiger partial charge >= 0.3 is 0 Å². The molecule has 2 aromatic heterocycles. The van der Waals surface area contributed by atoms with Crippen molar-refractivity contribution < 1.29 is 13.9 Å². The van der Waals surface area contributed by atoms with Crippen molar-refractivity contribution in [2.24, 2.45) is 0 Å². The molecule has 3 aromatic rings. The van der Waals surface area contributed by atoms with E-state index in [2.05, 4.69) is 21.9 Å². The van der Waals surface area contributed by atoms with Crippen LogP contribution in [0.4, 0.5) is 0 Å². The Kier molecular flexibility index (Phi) is 4.75. The Labute approximate surface area is 132 Å².